The van der Waals surface area contributed by atoms with Gasteiger partial charge in [0.2, 0.25) is 0 Å². The van der Waals surface area contributed by atoms with Gasteiger partial charge in [0.15, 0.2) is 0 Å². The van der Waals surface area contributed by atoms with E-state index in [1.807, 2.05) is 24.3 Å². The lowest BCUT2D eigenvalue weighted by Gasteiger charge is -2.05. The van der Waals surface area contributed by atoms with Crippen molar-refractivity contribution < 1.29 is 9.59 Å². The molecule has 0 aromatic heterocycles. The van der Waals surface area contributed by atoms with E-state index in [-0.39, 0.29) is 11.8 Å². The summed E-state index contributed by atoms with van der Waals surface area (Å²) in [7, 11) is 0. The average molecular weight is 457 g/mol. The molecular formula is C30H36N2O2. The predicted octanol–water partition coefficient (Wildman–Crippen LogP) is 5.71. The highest BCUT2D eigenvalue weighted by atomic mass is 16.2. The van der Waals surface area contributed by atoms with Crippen molar-refractivity contribution in [3.63, 3.8) is 0 Å². The lowest BCUT2D eigenvalue weighted by molar-refractivity contribution is 0.0944. The van der Waals surface area contributed by atoms with Crippen molar-refractivity contribution in [3.05, 3.63) is 70.8 Å². The predicted molar refractivity (Wildman–Crippen MR) is 140 cm³/mol. The molecule has 0 atom stereocenters. The van der Waals surface area contributed by atoms with Gasteiger partial charge in [-0.25, -0.2) is 0 Å². The van der Waals surface area contributed by atoms with E-state index in [1.54, 1.807) is 24.3 Å². The van der Waals surface area contributed by atoms with Crippen molar-refractivity contribution in [1.82, 2.24) is 10.6 Å². The Morgan fingerprint density at radius 2 is 0.971 bits per heavy atom. The summed E-state index contributed by atoms with van der Waals surface area (Å²) in [5.74, 6) is 11.6. The second kappa shape index (κ2) is 16.2. The quantitative estimate of drug-likeness (QED) is 0.317. The number of amides is 2. The van der Waals surface area contributed by atoms with Gasteiger partial charge in [0.25, 0.3) is 11.8 Å². The second-order valence-electron chi connectivity index (χ2n) is 8.29. The maximum absolute atomic E-state index is 12.2. The van der Waals surface area contributed by atoms with Crippen molar-refractivity contribution in [3.8, 4) is 23.7 Å². The fourth-order valence-corrected chi connectivity index (χ4v) is 3.33. The van der Waals surface area contributed by atoms with Gasteiger partial charge >= 0.3 is 0 Å². The van der Waals surface area contributed by atoms with Gasteiger partial charge < -0.3 is 10.6 Å². The summed E-state index contributed by atoms with van der Waals surface area (Å²) >= 11 is 0. The smallest absolute Gasteiger partial charge is 0.251 e. The number of unbranched alkanes of at least 4 members (excludes halogenated alkanes) is 6. The van der Waals surface area contributed by atoms with E-state index < -0.39 is 0 Å². The van der Waals surface area contributed by atoms with Crippen LogP contribution in [0.15, 0.2) is 48.5 Å². The molecule has 0 fully saturated rings. The molecule has 2 amide bonds. The van der Waals surface area contributed by atoms with E-state index in [2.05, 4.69) is 48.2 Å². The van der Waals surface area contributed by atoms with E-state index in [1.165, 1.54) is 25.7 Å². The highest BCUT2D eigenvalue weighted by Crippen LogP contribution is 2.05. The third-order valence-electron chi connectivity index (χ3n) is 5.40. The number of hydrogen-bond donors (Lipinski definition) is 2. The minimum atomic E-state index is -0.0515. The van der Waals surface area contributed by atoms with Gasteiger partial charge in [-0.05, 0) is 73.2 Å². The molecule has 2 N–H and O–H groups in total. The van der Waals surface area contributed by atoms with Crippen LogP contribution < -0.4 is 10.6 Å². The summed E-state index contributed by atoms with van der Waals surface area (Å²) in [5.41, 5.74) is 2.88. The van der Waals surface area contributed by atoms with Gasteiger partial charge in [0, 0.05) is 35.3 Å². The van der Waals surface area contributed by atoms with Gasteiger partial charge in [-0.2, -0.15) is 0 Å². The van der Waals surface area contributed by atoms with Crippen molar-refractivity contribution in [2.24, 2.45) is 0 Å². The fourth-order valence-electron chi connectivity index (χ4n) is 3.33. The molecule has 0 spiro atoms. The van der Waals surface area contributed by atoms with E-state index in [4.69, 9.17) is 0 Å². The Bertz CT molecular complexity index is 930. The van der Waals surface area contributed by atoms with Crippen molar-refractivity contribution in [2.45, 2.75) is 65.2 Å². The van der Waals surface area contributed by atoms with Crippen LogP contribution >= 0.6 is 0 Å². The fraction of sp³-hybridized carbons (Fsp3) is 0.400. The highest BCUT2D eigenvalue weighted by Gasteiger charge is 2.04. The molecule has 4 nitrogen and oxygen atoms in total. The van der Waals surface area contributed by atoms with Gasteiger partial charge in [-0.1, -0.05) is 64.2 Å². The minimum absolute atomic E-state index is 0.0515. The first-order chi connectivity index (χ1) is 16.6. The Balaban J connectivity index is 1.80. The van der Waals surface area contributed by atoms with Crippen molar-refractivity contribution >= 4 is 11.8 Å². The van der Waals surface area contributed by atoms with E-state index in [9.17, 15) is 9.59 Å². The Labute approximate surface area is 204 Å². The first-order valence-corrected chi connectivity index (χ1v) is 12.4. The monoisotopic (exact) mass is 456 g/mol. The van der Waals surface area contributed by atoms with Crippen LogP contribution in [-0.4, -0.2) is 24.9 Å². The summed E-state index contributed by atoms with van der Waals surface area (Å²) in [6, 6.07) is 14.5. The third-order valence-corrected chi connectivity index (χ3v) is 5.40. The molecule has 0 aliphatic rings. The molecule has 2 rings (SSSR count). The van der Waals surface area contributed by atoms with Crippen LogP contribution in [0.1, 0.15) is 97.1 Å². The molecule has 0 aliphatic carbocycles. The van der Waals surface area contributed by atoms with Gasteiger partial charge in [-0.15, -0.1) is 0 Å². The van der Waals surface area contributed by atoms with Crippen molar-refractivity contribution in [2.75, 3.05) is 13.1 Å². The second-order valence-corrected chi connectivity index (χ2v) is 8.29. The molecule has 34 heavy (non-hydrogen) atoms. The number of carbonyl (C=O) groups is 2. The third kappa shape index (κ3) is 10.4. The average Bonchev–Trinajstić information content (AvgIpc) is 2.87. The molecule has 2 aromatic carbocycles. The Morgan fingerprint density at radius 1 is 0.588 bits per heavy atom. The molecule has 0 saturated carbocycles. The number of rotatable bonds is 12. The summed E-state index contributed by atoms with van der Waals surface area (Å²) in [6.07, 6.45) is 9.09. The zero-order valence-electron chi connectivity index (χ0n) is 20.5. The lowest BCUT2D eigenvalue weighted by atomic mass is 10.1. The zero-order chi connectivity index (χ0) is 24.4. The van der Waals surface area contributed by atoms with E-state index in [0.29, 0.717) is 24.2 Å². The maximum atomic E-state index is 12.2. The lowest BCUT2D eigenvalue weighted by Crippen LogP contribution is -2.24. The summed E-state index contributed by atoms with van der Waals surface area (Å²) in [4.78, 5) is 24.3. The largest absolute Gasteiger partial charge is 0.352 e. The maximum Gasteiger partial charge on any atom is 0.251 e. The van der Waals surface area contributed by atoms with Gasteiger partial charge in [0.05, 0.1) is 0 Å². The van der Waals surface area contributed by atoms with Crippen LogP contribution in [0, 0.1) is 23.7 Å². The highest BCUT2D eigenvalue weighted by molar-refractivity contribution is 5.94. The molecule has 178 valence electrons. The van der Waals surface area contributed by atoms with E-state index in [0.717, 1.165) is 36.8 Å². The molecule has 4 heteroatoms. The van der Waals surface area contributed by atoms with Crippen LogP contribution in [0.4, 0.5) is 0 Å². The van der Waals surface area contributed by atoms with Crippen LogP contribution in [0.3, 0.4) is 0 Å². The SMILES string of the molecule is CCCCCCNC(=O)c1ccc(C#CC#Cc2ccc(C(=O)NCCCCCC)cc2)cc1. The molecular weight excluding hydrogens is 420 g/mol. The number of carbonyl (C=O) groups excluding carboxylic acids is 2. The summed E-state index contributed by atoms with van der Waals surface area (Å²) in [5, 5.41) is 5.91. The van der Waals surface area contributed by atoms with E-state index >= 15 is 0 Å². The Kier molecular flexibility index (Phi) is 12.7. The number of benzene rings is 2. The number of nitrogens with one attached hydrogen (secondary N) is 2. The Morgan fingerprint density at radius 3 is 1.32 bits per heavy atom. The zero-order valence-corrected chi connectivity index (χ0v) is 20.5. The normalized spacial score (nSPS) is 9.82. The topological polar surface area (TPSA) is 58.2 Å². The molecule has 0 aliphatic heterocycles. The first kappa shape index (κ1) is 26.7. The van der Waals surface area contributed by atoms with Crippen LogP contribution in [-0.2, 0) is 0 Å². The van der Waals surface area contributed by atoms with Crippen LogP contribution in [0.25, 0.3) is 0 Å². The number of hydrogen-bond acceptors (Lipinski definition) is 2. The van der Waals surface area contributed by atoms with Gasteiger partial charge in [0.1, 0.15) is 0 Å². The minimum Gasteiger partial charge on any atom is -0.352 e. The summed E-state index contributed by atoms with van der Waals surface area (Å²) in [6.45, 7) is 5.76. The summed E-state index contributed by atoms with van der Waals surface area (Å²) < 4.78 is 0. The molecule has 0 saturated heterocycles. The molecule has 0 unspecified atom stereocenters. The molecule has 0 radical (unpaired) electrons. The molecule has 0 bridgehead atoms. The van der Waals surface area contributed by atoms with Crippen LogP contribution in [0.2, 0.25) is 0 Å². The standard InChI is InChI=1S/C30H36N2O2/c1-3-5-7-11-23-31-29(33)27-19-15-25(16-20-27)13-9-10-14-26-17-21-28(22-18-26)30(34)32-24-12-8-6-4-2/h15-22H,3-8,11-12,23-24H2,1-2H3,(H,31,33)(H,32,34). The Hall–Kier alpha value is -3.50. The molecule has 2 aromatic rings. The van der Waals surface area contributed by atoms with Crippen LogP contribution in [0.5, 0.6) is 0 Å². The van der Waals surface area contributed by atoms with Gasteiger partial charge in [-0.3, -0.25) is 9.59 Å². The molecule has 0 heterocycles. The van der Waals surface area contributed by atoms with Crippen molar-refractivity contribution in [1.29, 1.82) is 0 Å². The first-order valence-electron chi connectivity index (χ1n) is 12.4.